The minimum absolute atomic E-state index is 0.579. The van der Waals surface area contributed by atoms with Gasteiger partial charge in [0.1, 0.15) is 23.3 Å². The van der Waals surface area contributed by atoms with Gasteiger partial charge in [-0.05, 0) is 48.9 Å². The Morgan fingerprint density at radius 1 is 0.968 bits per heavy atom. The molecule has 0 radical (unpaired) electrons. The lowest BCUT2D eigenvalue weighted by Gasteiger charge is -2.10. The number of hydrogen-bond acceptors (Lipinski definition) is 6. The van der Waals surface area contributed by atoms with Crippen LogP contribution in [-0.2, 0) is 6.54 Å². The number of aromatic amines is 1. The Bertz CT molecular complexity index is 1120. The first-order valence-corrected chi connectivity index (χ1v) is 10.9. The Labute approximate surface area is 186 Å². The first-order chi connectivity index (χ1) is 15.2. The molecule has 2 aromatic heterocycles. The van der Waals surface area contributed by atoms with E-state index in [-0.39, 0.29) is 0 Å². The minimum atomic E-state index is 0.579. The van der Waals surface area contributed by atoms with Crippen LogP contribution >= 0.6 is 11.6 Å². The van der Waals surface area contributed by atoms with Gasteiger partial charge < -0.3 is 16.0 Å². The number of fused-ring (bicyclic) bond motifs is 1. The van der Waals surface area contributed by atoms with Crippen LogP contribution in [0.4, 0.5) is 23.0 Å². The van der Waals surface area contributed by atoms with Crippen LogP contribution in [0.25, 0.3) is 11.0 Å². The molecule has 0 aliphatic heterocycles. The molecule has 0 bridgehead atoms. The van der Waals surface area contributed by atoms with E-state index in [1.165, 1.54) is 31.2 Å². The summed E-state index contributed by atoms with van der Waals surface area (Å²) in [6.45, 7) is 4.14. The highest BCUT2D eigenvalue weighted by Gasteiger charge is 2.13. The second-order valence-corrected chi connectivity index (χ2v) is 7.80. The summed E-state index contributed by atoms with van der Waals surface area (Å²) in [7, 11) is 0. The lowest BCUT2D eigenvalue weighted by atomic mass is 10.2. The Morgan fingerprint density at radius 3 is 2.65 bits per heavy atom. The van der Waals surface area contributed by atoms with Gasteiger partial charge in [0, 0.05) is 22.9 Å². The molecule has 0 aliphatic carbocycles. The van der Waals surface area contributed by atoms with Gasteiger partial charge in [-0.25, -0.2) is 9.97 Å². The van der Waals surface area contributed by atoms with Crippen LogP contribution in [-0.4, -0.2) is 26.7 Å². The van der Waals surface area contributed by atoms with Gasteiger partial charge in [-0.2, -0.15) is 5.10 Å². The quantitative estimate of drug-likeness (QED) is 0.236. The van der Waals surface area contributed by atoms with Crippen molar-refractivity contribution in [2.24, 2.45) is 0 Å². The number of halogens is 1. The van der Waals surface area contributed by atoms with Crippen molar-refractivity contribution in [1.82, 2.24) is 25.5 Å². The SMILES string of the molecule is CCCCCNCc1ccc(Nc2[nH]nc3ncnc(Nc4cccc(Cl)c4)c23)cc1. The lowest BCUT2D eigenvalue weighted by Crippen LogP contribution is -2.14. The Morgan fingerprint density at radius 2 is 1.84 bits per heavy atom. The van der Waals surface area contributed by atoms with E-state index < -0.39 is 0 Å². The van der Waals surface area contributed by atoms with Crippen LogP contribution < -0.4 is 16.0 Å². The molecule has 0 spiro atoms. The smallest absolute Gasteiger partial charge is 0.188 e. The summed E-state index contributed by atoms with van der Waals surface area (Å²) in [5.74, 6) is 1.38. The average Bonchev–Trinajstić information content (AvgIpc) is 3.19. The first kappa shape index (κ1) is 21.1. The maximum absolute atomic E-state index is 6.11. The zero-order valence-corrected chi connectivity index (χ0v) is 18.2. The average molecular weight is 436 g/mol. The van der Waals surface area contributed by atoms with Crippen LogP contribution in [0.15, 0.2) is 54.9 Å². The second kappa shape index (κ2) is 10.2. The van der Waals surface area contributed by atoms with Crippen molar-refractivity contribution in [3.05, 3.63) is 65.4 Å². The number of rotatable bonds is 10. The molecule has 0 saturated heterocycles. The van der Waals surface area contributed by atoms with Gasteiger partial charge in [-0.15, -0.1) is 0 Å². The molecule has 4 N–H and O–H groups in total. The van der Waals surface area contributed by atoms with Gasteiger partial charge in [-0.3, -0.25) is 5.10 Å². The summed E-state index contributed by atoms with van der Waals surface area (Å²) in [5.41, 5.74) is 3.63. The third kappa shape index (κ3) is 5.51. The molecule has 31 heavy (non-hydrogen) atoms. The van der Waals surface area contributed by atoms with Crippen LogP contribution in [0.3, 0.4) is 0 Å². The summed E-state index contributed by atoms with van der Waals surface area (Å²) >= 11 is 6.11. The third-order valence-corrected chi connectivity index (χ3v) is 5.18. The maximum atomic E-state index is 6.11. The van der Waals surface area contributed by atoms with Gasteiger partial charge in [0.2, 0.25) is 0 Å². The fourth-order valence-corrected chi connectivity index (χ4v) is 3.52. The van der Waals surface area contributed by atoms with Gasteiger partial charge >= 0.3 is 0 Å². The van der Waals surface area contributed by atoms with E-state index in [2.05, 4.69) is 67.3 Å². The molecule has 4 rings (SSSR count). The number of unbranched alkanes of at least 4 members (excludes halogenated alkanes) is 2. The number of H-pyrrole nitrogens is 1. The van der Waals surface area contributed by atoms with Crippen molar-refractivity contribution in [2.45, 2.75) is 32.7 Å². The summed E-state index contributed by atoms with van der Waals surface area (Å²) in [4.78, 5) is 8.67. The molecule has 7 nitrogen and oxygen atoms in total. The summed E-state index contributed by atoms with van der Waals surface area (Å²) < 4.78 is 0. The lowest BCUT2D eigenvalue weighted by molar-refractivity contribution is 0.617. The van der Waals surface area contributed by atoms with Gasteiger partial charge in [-0.1, -0.05) is 49.6 Å². The Hall–Kier alpha value is -3.16. The van der Waals surface area contributed by atoms with Crippen molar-refractivity contribution >= 4 is 45.6 Å². The number of hydrogen-bond donors (Lipinski definition) is 4. The summed E-state index contributed by atoms with van der Waals surface area (Å²) in [6.07, 6.45) is 5.22. The van der Waals surface area contributed by atoms with Crippen LogP contribution in [0.2, 0.25) is 5.02 Å². The summed E-state index contributed by atoms with van der Waals surface area (Å²) in [6, 6.07) is 15.9. The highest BCUT2D eigenvalue weighted by Crippen LogP contribution is 2.30. The normalized spacial score (nSPS) is 11.0. The zero-order chi connectivity index (χ0) is 21.5. The van der Waals surface area contributed by atoms with Gasteiger partial charge in [0.05, 0.1) is 0 Å². The summed E-state index contributed by atoms with van der Waals surface area (Å²) in [5, 5.41) is 18.9. The van der Waals surface area contributed by atoms with Crippen molar-refractivity contribution in [3.63, 3.8) is 0 Å². The molecular weight excluding hydrogens is 410 g/mol. The number of benzene rings is 2. The molecule has 0 fully saturated rings. The van der Waals surface area contributed by atoms with E-state index in [1.54, 1.807) is 0 Å². The molecule has 2 aromatic carbocycles. The number of anilines is 4. The van der Waals surface area contributed by atoms with Crippen molar-refractivity contribution < 1.29 is 0 Å². The highest BCUT2D eigenvalue weighted by atomic mass is 35.5. The van der Waals surface area contributed by atoms with Crippen LogP contribution in [0.1, 0.15) is 31.7 Å². The molecule has 0 amide bonds. The molecule has 0 saturated carbocycles. The Balaban J connectivity index is 1.47. The maximum Gasteiger partial charge on any atom is 0.188 e. The molecule has 8 heteroatoms. The van der Waals surface area contributed by atoms with E-state index in [4.69, 9.17) is 11.6 Å². The van der Waals surface area contributed by atoms with Crippen molar-refractivity contribution in [1.29, 1.82) is 0 Å². The van der Waals surface area contributed by atoms with E-state index in [1.807, 2.05) is 24.3 Å². The van der Waals surface area contributed by atoms with E-state index in [9.17, 15) is 0 Å². The van der Waals surface area contributed by atoms with Gasteiger partial charge in [0.25, 0.3) is 0 Å². The molecule has 160 valence electrons. The molecule has 0 unspecified atom stereocenters. The zero-order valence-electron chi connectivity index (χ0n) is 17.5. The number of nitrogens with one attached hydrogen (secondary N) is 4. The number of aromatic nitrogens is 4. The van der Waals surface area contributed by atoms with E-state index in [0.717, 1.165) is 35.7 Å². The molecule has 2 heterocycles. The second-order valence-electron chi connectivity index (χ2n) is 7.36. The molecule has 4 aromatic rings. The third-order valence-electron chi connectivity index (χ3n) is 4.95. The Kier molecular flexibility index (Phi) is 6.96. The monoisotopic (exact) mass is 435 g/mol. The van der Waals surface area contributed by atoms with Gasteiger partial charge in [0.15, 0.2) is 5.65 Å². The topological polar surface area (TPSA) is 90.5 Å². The first-order valence-electron chi connectivity index (χ1n) is 10.5. The molecule has 0 atom stereocenters. The predicted octanol–water partition coefficient (Wildman–Crippen LogP) is 5.77. The standard InChI is InChI=1S/C23H26ClN7/c1-2-3-4-12-25-14-16-8-10-18(11-9-16)28-23-20-21(26-15-27-22(20)30-31-23)29-19-7-5-6-17(24)13-19/h5-11,13,15,25H,2-4,12,14H2,1H3,(H3,26,27,28,29,30,31). The molecular formula is C23H26ClN7. The minimum Gasteiger partial charge on any atom is -0.340 e. The van der Waals surface area contributed by atoms with Crippen molar-refractivity contribution in [2.75, 3.05) is 17.2 Å². The molecule has 0 aliphatic rings. The fourth-order valence-electron chi connectivity index (χ4n) is 3.33. The number of nitrogens with zero attached hydrogens (tertiary/aromatic N) is 3. The largest absolute Gasteiger partial charge is 0.340 e. The fraction of sp³-hybridized carbons (Fsp3) is 0.261. The van der Waals surface area contributed by atoms with E-state index in [0.29, 0.717) is 16.5 Å². The van der Waals surface area contributed by atoms with Crippen LogP contribution in [0, 0.1) is 0 Å². The van der Waals surface area contributed by atoms with Crippen molar-refractivity contribution in [3.8, 4) is 0 Å². The predicted molar refractivity (Wildman–Crippen MR) is 127 cm³/mol. The van der Waals surface area contributed by atoms with E-state index >= 15 is 0 Å². The van der Waals surface area contributed by atoms with Crippen LogP contribution in [0.5, 0.6) is 0 Å². The highest BCUT2D eigenvalue weighted by molar-refractivity contribution is 6.30.